The summed E-state index contributed by atoms with van der Waals surface area (Å²) in [5, 5.41) is 1.11. The highest BCUT2D eigenvalue weighted by molar-refractivity contribution is 5.81. The molecule has 1 unspecified atom stereocenters. The SMILES string of the molecule is CCC(=O)OCC(C)n1ccc2cc(OCc3ccccc3)ccc21. The molecule has 2 aromatic carbocycles. The second-order valence-electron chi connectivity index (χ2n) is 6.10. The maximum atomic E-state index is 11.3. The summed E-state index contributed by atoms with van der Waals surface area (Å²) < 4.78 is 13.3. The molecule has 1 atom stereocenters. The Labute approximate surface area is 148 Å². The molecule has 0 saturated carbocycles. The first kappa shape index (κ1) is 17.1. The van der Waals surface area contributed by atoms with E-state index in [0.717, 1.165) is 22.2 Å². The summed E-state index contributed by atoms with van der Waals surface area (Å²) in [4.78, 5) is 11.3. The van der Waals surface area contributed by atoms with E-state index in [1.165, 1.54) is 0 Å². The fourth-order valence-corrected chi connectivity index (χ4v) is 2.75. The van der Waals surface area contributed by atoms with Crippen molar-refractivity contribution in [2.45, 2.75) is 32.9 Å². The van der Waals surface area contributed by atoms with Gasteiger partial charge in [-0.25, -0.2) is 0 Å². The molecule has 0 aliphatic carbocycles. The molecular weight excluding hydrogens is 314 g/mol. The number of nitrogens with zero attached hydrogens (tertiary/aromatic N) is 1. The fourth-order valence-electron chi connectivity index (χ4n) is 2.75. The van der Waals surface area contributed by atoms with Crippen molar-refractivity contribution in [3.8, 4) is 5.75 Å². The van der Waals surface area contributed by atoms with Crippen LogP contribution in [0, 0.1) is 0 Å². The van der Waals surface area contributed by atoms with Crippen molar-refractivity contribution in [2.75, 3.05) is 6.61 Å². The summed E-state index contributed by atoms with van der Waals surface area (Å²) in [6, 6.07) is 18.3. The highest BCUT2D eigenvalue weighted by Crippen LogP contribution is 2.25. The van der Waals surface area contributed by atoms with Crippen LogP contribution in [-0.4, -0.2) is 17.1 Å². The van der Waals surface area contributed by atoms with Crippen LogP contribution in [-0.2, 0) is 16.1 Å². The zero-order chi connectivity index (χ0) is 17.6. The third-order valence-electron chi connectivity index (χ3n) is 4.19. The highest BCUT2D eigenvalue weighted by atomic mass is 16.5. The van der Waals surface area contributed by atoms with Crippen LogP contribution in [0.3, 0.4) is 0 Å². The molecule has 0 bridgehead atoms. The fraction of sp³-hybridized carbons (Fsp3) is 0.286. The van der Waals surface area contributed by atoms with Crippen LogP contribution in [0.1, 0.15) is 31.9 Å². The lowest BCUT2D eigenvalue weighted by Gasteiger charge is -2.15. The molecule has 0 aliphatic rings. The number of hydrogen-bond donors (Lipinski definition) is 0. The number of aromatic nitrogens is 1. The van der Waals surface area contributed by atoms with Crippen LogP contribution in [0.2, 0.25) is 0 Å². The molecule has 4 heteroatoms. The van der Waals surface area contributed by atoms with Crippen LogP contribution in [0.25, 0.3) is 10.9 Å². The molecule has 1 aromatic heterocycles. The maximum Gasteiger partial charge on any atom is 0.305 e. The quantitative estimate of drug-likeness (QED) is 0.585. The smallest absolute Gasteiger partial charge is 0.305 e. The maximum absolute atomic E-state index is 11.3. The van der Waals surface area contributed by atoms with Crippen molar-refractivity contribution >= 4 is 16.9 Å². The second kappa shape index (κ2) is 7.88. The molecule has 130 valence electrons. The van der Waals surface area contributed by atoms with Gasteiger partial charge in [0.15, 0.2) is 0 Å². The van der Waals surface area contributed by atoms with Crippen LogP contribution >= 0.6 is 0 Å². The molecule has 0 aliphatic heterocycles. The Morgan fingerprint density at radius 1 is 1.12 bits per heavy atom. The van der Waals surface area contributed by atoms with Gasteiger partial charge in [0.05, 0.1) is 6.04 Å². The molecule has 3 aromatic rings. The molecule has 0 spiro atoms. The van der Waals surface area contributed by atoms with Gasteiger partial charge in [-0.05, 0) is 36.8 Å². The van der Waals surface area contributed by atoms with Gasteiger partial charge in [-0.1, -0.05) is 37.3 Å². The zero-order valence-electron chi connectivity index (χ0n) is 14.6. The normalized spacial score (nSPS) is 12.1. The van der Waals surface area contributed by atoms with Gasteiger partial charge in [-0.2, -0.15) is 0 Å². The topological polar surface area (TPSA) is 40.5 Å². The summed E-state index contributed by atoms with van der Waals surface area (Å²) in [5.41, 5.74) is 2.25. The van der Waals surface area contributed by atoms with Crippen molar-refractivity contribution < 1.29 is 14.3 Å². The highest BCUT2D eigenvalue weighted by Gasteiger charge is 2.11. The van der Waals surface area contributed by atoms with E-state index >= 15 is 0 Å². The average Bonchev–Trinajstić information content (AvgIpc) is 3.08. The van der Waals surface area contributed by atoms with Gasteiger partial charge >= 0.3 is 5.97 Å². The Morgan fingerprint density at radius 2 is 1.92 bits per heavy atom. The van der Waals surface area contributed by atoms with Crippen molar-refractivity contribution in [2.24, 2.45) is 0 Å². The molecule has 0 amide bonds. The van der Waals surface area contributed by atoms with E-state index in [2.05, 4.69) is 10.6 Å². The lowest BCUT2D eigenvalue weighted by atomic mass is 10.2. The van der Waals surface area contributed by atoms with Crippen LogP contribution in [0.15, 0.2) is 60.8 Å². The molecule has 3 rings (SSSR count). The Morgan fingerprint density at radius 3 is 2.68 bits per heavy atom. The number of carbonyl (C=O) groups excluding carboxylic acids is 1. The second-order valence-corrected chi connectivity index (χ2v) is 6.10. The predicted molar refractivity (Wildman–Crippen MR) is 98.7 cm³/mol. The van der Waals surface area contributed by atoms with Gasteiger partial charge in [0.2, 0.25) is 0 Å². The summed E-state index contributed by atoms with van der Waals surface area (Å²) in [6.45, 7) is 4.77. The Hall–Kier alpha value is -2.75. The molecule has 0 N–H and O–H groups in total. The molecule has 1 heterocycles. The van der Waals surface area contributed by atoms with Gasteiger partial charge in [-0.3, -0.25) is 4.79 Å². The molecule has 25 heavy (non-hydrogen) atoms. The summed E-state index contributed by atoms with van der Waals surface area (Å²) in [7, 11) is 0. The van der Waals surface area contributed by atoms with Gasteiger partial charge in [-0.15, -0.1) is 0 Å². The van der Waals surface area contributed by atoms with Crippen molar-refractivity contribution in [3.63, 3.8) is 0 Å². The minimum Gasteiger partial charge on any atom is -0.489 e. The summed E-state index contributed by atoms with van der Waals surface area (Å²) in [5.74, 6) is 0.680. The van der Waals surface area contributed by atoms with Gasteiger partial charge in [0, 0.05) is 23.5 Å². The monoisotopic (exact) mass is 337 g/mol. The first-order chi connectivity index (χ1) is 12.2. The largest absolute Gasteiger partial charge is 0.489 e. The number of hydrogen-bond acceptors (Lipinski definition) is 3. The van der Waals surface area contributed by atoms with E-state index in [1.807, 2.05) is 61.7 Å². The van der Waals surface area contributed by atoms with E-state index in [4.69, 9.17) is 9.47 Å². The van der Waals surface area contributed by atoms with E-state index in [1.54, 1.807) is 6.92 Å². The molecular formula is C21H23NO3. The number of ether oxygens (including phenoxy) is 2. The average molecular weight is 337 g/mol. The predicted octanol–water partition coefficient (Wildman–Crippen LogP) is 4.73. The Bertz CT molecular complexity index is 839. The minimum atomic E-state index is -0.167. The molecule has 0 saturated heterocycles. The van der Waals surface area contributed by atoms with Crippen LogP contribution in [0.4, 0.5) is 0 Å². The van der Waals surface area contributed by atoms with Crippen molar-refractivity contribution in [3.05, 3.63) is 66.4 Å². The zero-order valence-corrected chi connectivity index (χ0v) is 14.6. The Kier molecular flexibility index (Phi) is 5.39. The van der Waals surface area contributed by atoms with E-state index in [9.17, 15) is 4.79 Å². The van der Waals surface area contributed by atoms with Gasteiger partial charge in [0.25, 0.3) is 0 Å². The minimum absolute atomic E-state index is 0.0871. The number of rotatable bonds is 7. The third kappa shape index (κ3) is 4.21. The standard InChI is InChI=1S/C21H23NO3/c1-3-21(23)25-14-16(2)22-12-11-18-13-19(9-10-20(18)22)24-15-17-7-5-4-6-8-17/h4-13,16H,3,14-15H2,1-2H3. The van der Waals surface area contributed by atoms with Crippen LogP contribution in [0.5, 0.6) is 5.75 Å². The molecule has 4 nitrogen and oxygen atoms in total. The number of fused-ring (bicyclic) bond motifs is 1. The third-order valence-corrected chi connectivity index (χ3v) is 4.19. The van der Waals surface area contributed by atoms with E-state index in [0.29, 0.717) is 19.6 Å². The number of benzene rings is 2. The lowest BCUT2D eigenvalue weighted by molar-refractivity contribution is -0.144. The number of esters is 1. The van der Waals surface area contributed by atoms with Crippen molar-refractivity contribution in [1.29, 1.82) is 0 Å². The Balaban J connectivity index is 1.69. The summed E-state index contributed by atoms with van der Waals surface area (Å²) >= 11 is 0. The first-order valence-electron chi connectivity index (χ1n) is 8.60. The number of carbonyl (C=O) groups is 1. The first-order valence-corrected chi connectivity index (χ1v) is 8.60. The van der Waals surface area contributed by atoms with Crippen LogP contribution < -0.4 is 4.74 Å². The molecule has 0 radical (unpaired) electrons. The molecule has 0 fully saturated rings. The van der Waals surface area contributed by atoms with Gasteiger partial charge in [0.1, 0.15) is 19.0 Å². The van der Waals surface area contributed by atoms with Crippen molar-refractivity contribution in [1.82, 2.24) is 4.57 Å². The lowest BCUT2D eigenvalue weighted by Crippen LogP contribution is -2.14. The van der Waals surface area contributed by atoms with Gasteiger partial charge < -0.3 is 14.0 Å². The van der Waals surface area contributed by atoms with E-state index in [-0.39, 0.29) is 12.0 Å². The summed E-state index contributed by atoms with van der Waals surface area (Å²) in [6.07, 6.45) is 2.43. The van der Waals surface area contributed by atoms with E-state index < -0.39 is 0 Å².